The lowest BCUT2D eigenvalue weighted by atomic mass is 9.98. The first-order chi connectivity index (χ1) is 13.7. The van der Waals surface area contributed by atoms with Crippen molar-refractivity contribution < 1.29 is 13.2 Å². The number of nitrogens with zero attached hydrogens (tertiary/aromatic N) is 1. The molecule has 0 aliphatic heterocycles. The molecule has 29 heavy (non-hydrogen) atoms. The van der Waals surface area contributed by atoms with E-state index in [9.17, 15) is 8.42 Å². The molecule has 1 atom stereocenters. The van der Waals surface area contributed by atoms with Crippen molar-refractivity contribution in [3.05, 3.63) is 71.3 Å². The Labute approximate surface area is 173 Å². The van der Waals surface area contributed by atoms with Crippen LogP contribution in [0.15, 0.2) is 59.5 Å². The second-order valence-electron chi connectivity index (χ2n) is 7.49. The first kappa shape index (κ1) is 21.3. The summed E-state index contributed by atoms with van der Waals surface area (Å²) in [5.74, 6) is 0.354. The number of ether oxygens (including phenoxy) is 1. The molecule has 0 aliphatic carbocycles. The van der Waals surface area contributed by atoms with Crippen LogP contribution < -0.4 is 9.46 Å². The fourth-order valence-corrected chi connectivity index (χ4v) is 4.78. The van der Waals surface area contributed by atoms with Crippen molar-refractivity contribution in [3.63, 3.8) is 0 Å². The number of rotatable bonds is 7. The van der Waals surface area contributed by atoms with Crippen LogP contribution in [0.3, 0.4) is 0 Å². The average Bonchev–Trinajstić information content (AvgIpc) is 2.69. The molecule has 154 valence electrons. The summed E-state index contributed by atoms with van der Waals surface area (Å²) in [5.41, 5.74) is 2.98. The van der Waals surface area contributed by atoms with E-state index in [0.29, 0.717) is 5.75 Å². The maximum atomic E-state index is 13.1. The summed E-state index contributed by atoms with van der Waals surface area (Å²) in [6, 6.07) is 17.6. The number of aryl methyl sites for hydroxylation is 2. The Balaban J connectivity index is 1.94. The maximum absolute atomic E-state index is 13.1. The minimum atomic E-state index is -3.73. The van der Waals surface area contributed by atoms with Gasteiger partial charge >= 0.3 is 0 Å². The van der Waals surface area contributed by atoms with Crippen molar-refractivity contribution in [1.29, 1.82) is 0 Å². The monoisotopic (exact) mass is 412 g/mol. The first-order valence-electron chi connectivity index (χ1n) is 9.53. The van der Waals surface area contributed by atoms with E-state index in [4.69, 9.17) is 4.74 Å². The quantitative estimate of drug-likeness (QED) is 0.636. The largest absolute Gasteiger partial charge is 0.495 e. The van der Waals surface area contributed by atoms with Gasteiger partial charge in [-0.2, -0.15) is 0 Å². The zero-order valence-electron chi connectivity index (χ0n) is 17.6. The van der Waals surface area contributed by atoms with E-state index in [-0.39, 0.29) is 17.5 Å². The summed E-state index contributed by atoms with van der Waals surface area (Å²) in [4.78, 5) is 2.19. The van der Waals surface area contributed by atoms with Gasteiger partial charge in [0, 0.05) is 12.6 Å². The lowest BCUT2D eigenvalue weighted by Gasteiger charge is -2.26. The number of fused-ring (bicyclic) bond motifs is 1. The predicted molar refractivity (Wildman–Crippen MR) is 118 cm³/mol. The Hall–Kier alpha value is -2.41. The van der Waals surface area contributed by atoms with E-state index < -0.39 is 10.0 Å². The van der Waals surface area contributed by atoms with Crippen LogP contribution in [0.4, 0.5) is 0 Å². The third-order valence-electron chi connectivity index (χ3n) is 5.34. The van der Waals surface area contributed by atoms with Gasteiger partial charge in [-0.3, -0.25) is 0 Å². The fourth-order valence-electron chi connectivity index (χ4n) is 3.51. The Morgan fingerprint density at radius 3 is 2.34 bits per heavy atom. The molecule has 3 rings (SSSR count). The number of nitrogens with one attached hydrogen (secondary N) is 1. The molecule has 0 amide bonds. The zero-order valence-corrected chi connectivity index (χ0v) is 18.4. The molecule has 0 bridgehead atoms. The Morgan fingerprint density at radius 1 is 1.00 bits per heavy atom. The average molecular weight is 413 g/mol. The highest BCUT2D eigenvalue weighted by Crippen LogP contribution is 2.29. The van der Waals surface area contributed by atoms with E-state index in [2.05, 4.69) is 29.0 Å². The molecule has 0 saturated carbocycles. The van der Waals surface area contributed by atoms with Gasteiger partial charge < -0.3 is 9.64 Å². The first-order valence-corrected chi connectivity index (χ1v) is 11.0. The summed E-state index contributed by atoms with van der Waals surface area (Å²) in [6.07, 6.45) is 0. The van der Waals surface area contributed by atoms with Crippen LogP contribution >= 0.6 is 0 Å². The van der Waals surface area contributed by atoms with Gasteiger partial charge in [0.05, 0.1) is 7.11 Å². The molecular weight excluding hydrogens is 384 g/mol. The molecule has 0 heterocycles. The minimum absolute atomic E-state index is 0.117. The third-order valence-corrected chi connectivity index (χ3v) is 6.79. The van der Waals surface area contributed by atoms with Crippen LogP contribution in [0.25, 0.3) is 10.8 Å². The smallest absolute Gasteiger partial charge is 0.244 e. The lowest BCUT2D eigenvalue weighted by molar-refractivity contribution is 0.301. The van der Waals surface area contributed by atoms with Crippen LogP contribution in [-0.2, 0) is 10.0 Å². The van der Waals surface area contributed by atoms with Crippen molar-refractivity contribution in [2.24, 2.45) is 0 Å². The van der Waals surface area contributed by atoms with Crippen LogP contribution in [0, 0.1) is 13.8 Å². The molecular formula is C23H28N2O3S. The van der Waals surface area contributed by atoms with Gasteiger partial charge in [0.15, 0.2) is 0 Å². The van der Waals surface area contributed by atoms with Crippen LogP contribution in [0.2, 0.25) is 0 Å². The summed E-state index contributed by atoms with van der Waals surface area (Å²) in [5, 5.41) is 2.26. The molecule has 1 N–H and O–H groups in total. The van der Waals surface area contributed by atoms with Crippen molar-refractivity contribution in [1.82, 2.24) is 9.62 Å². The van der Waals surface area contributed by atoms with E-state index in [1.807, 2.05) is 51.0 Å². The Morgan fingerprint density at radius 2 is 1.66 bits per heavy atom. The zero-order chi connectivity index (χ0) is 21.2. The van der Waals surface area contributed by atoms with Crippen molar-refractivity contribution in [3.8, 4) is 5.75 Å². The van der Waals surface area contributed by atoms with E-state index >= 15 is 0 Å². The van der Waals surface area contributed by atoms with E-state index in [1.165, 1.54) is 7.11 Å². The molecule has 0 radical (unpaired) electrons. The molecule has 0 fully saturated rings. The molecule has 0 aromatic heterocycles. The normalized spacial score (nSPS) is 13.0. The number of likely N-dealkylation sites (N-methyl/N-ethyl adjacent to an activating group) is 1. The van der Waals surface area contributed by atoms with Crippen molar-refractivity contribution in [2.75, 3.05) is 27.7 Å². The number of sulfonamides is 1. The Bertz CT molecular complexity index is 1120. The van der Waals surface area contributed by atoms with Gasteiger partial charge in [-0.15, -0.1) is 0 Å². The van der Waals surface area contributed by atoms with Crippen molar-refractivity contribution in [2.45, 2.75) is 24.8 Å². The molecule has 0 spiro atoms. The maximum Gasteiger partial charge on any atom is 0.244 e. The van der Waals surface area contributed by atoms with Gasteiger partial charge in [0.1, 0.15) is 10.6 Å². The molecule has 3 aromatic carbocycles. The standard InChI is InChI=1S/C23H28N2O3S/c1-16-13-22(28-5)23(14-17(16)2)29(26,27)24-15-21(25(3)4)20-12-8-10-18-9-6-7-11-19(18)20/h6-14,21,24H,15H2,1-5H3/t21-/m0/s1. The molecule has 0 unspecified atom stereocenters. The number of hydrogen-bond acceptors (Lipinski definition) is 4. The minimum Gasteiger partial charge on any atom is -0.495 e. The molecule has 6 heteroatoms. The summed E-state index contributed by atoms with van der Waals surface area (Å²) >= 11 is 0. The summed E-state index contributed by atoms with van der Waals surface area (Å²) in [7, 11) is 1.67. The van der Waals surface area contributed by atoms with E-state index in [1.54, 1.807) is 12.1 Å². The van der Waals surface area contributed by atoms with Crippen LogP contribution in [0.1, 0.15) is 22.7 Å². The summed E-state index contributed by atoms with van der Waals surface area (Å²) in [6.45, 7) is 4.08. The van der Waals surface area contributed by atoms with Gasteiger partial charge in [0.2, 0.25) is 10.0 Å². The molecule has 0 saturated heterocycles. The predicted octanol–water partition coefficient (Wildman–Crippen LogP) is 4.05. The number of hydrogen-bond donors (Lipinski definition) is 1. The lowest BCUT2D eigenvalue weighted by Crippen LogP contribution is -2.34. The van der Waals surface area contributed by atoms with Crippen LogP contribution in [-0.4, -0.2) is 41.1 Å². The highest BCUT2D eigenvalue weighted by molar-refractivity contribution is 7.89. The topological polar surface area (TPSA) is 58.6 Å². The van der Waals surface area contributed by atoms with Crippen molar-refractivity contribution >= 4 is 20.8 Å². The number of methoxy groups -OCH3 is 1. The molecule has 3 aromatic rings. The second kappa shape index (κ2) is 8.53. The molecule has 0 aliphatic rings. The SMILES string of the molecule is COc1cc(C)c(C)cc1S(=O)(=O)NC[C@@H](c1cccc2ccccc12)N(C)C. The highest BCUT2D eigenvalue weighted by Gasteiger charge is 2.24. The summed E-state index contributed by atoms with van der Waals surface area (Å²) < 4.78 is 34.3. The van der Waals surface area contributed by atoms with Gasteiger partial charge in [-0.1, -0.05) is 42.5 Å². The number of benzene rings is 3. The van der Waals surface area contributed by atoms with Gasteiger partial charge in [-0.25, -0.2) is 13.1 Å². The van der Waals surface area contributed by atoms with E-state index in [0.717, 1.165) is 27.5 Å². The fraction of sp³-hybridized carbons (Fsp3) is 0.304. The van der Waals surface area contributed by atoms with Gasteiger partial charge in [0.25, 0.3) is 0 Å². The Kier molecular flexibility index (Phi) is 6.27. The third kappa shape index (κ3) is 4.45. The highest BCUT2D eigenvalue weighted by atomic mass is 32.2. The molecule has 5 nitrogen and oxygen atoms in total. The van der Waals surface area contributed by atoms with Gasteiger partial charge in [-0.05, 0) is 67.5 Å². The second-order valence-corrected chi connectivity index (χ2v) is 9.22. The van der Waals surface area contributed by atoms with Crippen LogP contribution in [0.5, 0.6) is 5.75 Å².